The van der Waals surface area contributed by atoms with Crippen LogP contribution in [-0.4, -0.2) is 89.6 Å². The van der Waals surface area contributed by atoms with Crippen molar-refractivity contribution in [3.05, 3.63) is 102 Å². The number of hydrazine groups is 1. The summed E-state index contributed by atoms with van der Waals surface area (Å²) in [4.78, 5) is 46.5. The maximum absolute atomic E-state index is 14.2. The van der Waals surface area contributed by atoms with Gasteiger partial charge < -0.3 is 20.2 Å². The number of hydrogen-bond donors (Lipinski definition) is 2. The van der Waals surface area contributed by atoms with Crippen LogP contribution in [0, 0.1) is 0 Å². The van der Waals surface area contributed by atoms with Gasteiger partial charge in [-0.1, -0.05) is 54.6 Å². The summed E-state index contributed by atoms with van der Waals surface area (Å²) >= 11 is 0. The van der Waals surface area contributed by atoms with Gasteiger partial charge in [-0.25, -0.2) is 14.8 Å². The summed E-state index contributed by atoms with van der Waals surface area (Å²) in [6.07, 6.45) is 1.12. The van der Waals surface area contributed by atoms with E-state index >= 15 is 0 Å². The Labute approximate surface area is 254 Å². The highest BCUT2D eigenvalue weighted by Crippen LogP contribution is 2.30. The maximum Gasteiger partial charge on any atom is 0.334 e. The van der Waals surface area contributed by atoms with Gasteiger partial charge in [0, 0.05) is 33.1 Å². The van der Waals surface area contributed by atoms with Crippen LogP contribution in [0.1, 0.15) is 16.7 Å². The molecule has 2 N–H and O–H groups in total. The molecule has 2 saturated heterocycles. The molecule has 226 valence electrons. The van der Waals surface area contributed by atoms with Gasteiger partial charge in [0.1, 0.15) is 29.0 Å². The Morgan fingerprint density at radius 3 is 2.48 bits per heavy atom. The van der Waals surface area contributed by atoms with Gasteiger partial charge in [-0.05, 0) is 41.0 Å². The van der Waals surface area contributed by atoms with Crippen molar-refractivity contribution < 1.29 is 19.5 Å². The van der Waals surface area contributed by atoms with E-state index in [1.54, 1.807) is 57.2 Å². The Hall–Kier alpha value is -5.23. The molecule has 0 spiro atoms. The van der Waals surface area contributed by atoms with E-state index < -0.39 is 12.2 Å². The number of aryl methyl sites for hydroxylation is 1. The topological polar surface area (TPSA) is 127 Å². The van der Waals surface area contributed by atoms with Gasteiger partial charge in [-0.15, -0.1) is 6.58 Å². The zero-order valence-electron chi connectivity index (χ0n) is 24.4. The number of phenolic OH excluding ortho intramolecular Hbond substituents is 1. The smallest absolute Gasteiger partial charge is 0.334 e. The summed E-state index contributed by atoms with van der Waals surface area (Å²) in [6, 6.07) is 20.6. The lowest BCUT2D eigenvalue weighted by Gasteiger charge is -2.55. The number of urea groups is 1. The van der Waals surface area contributed by atoms with Gasteiger partial charge in [0.05, 0.1) is 13.1 Å². The highest BCUT2D eigenvalue weighted by Gasteiger charge is 2.51. The zero-order chi connectivity index (χ0) is 30.8. The number of phenols is 1. The van der Waals surface area contributed by atoms with E-state index in [-0.39, 0.29) is 56.2 Å². The van der Waals surface area contributed by atoms with Crippen LogP contribution in [0.25, 0.3) is 11.0 Å². The molecule has 12 nitrogen and oxygen atoms in total. The van der Waals surface area contributed by atoms with E-state index in [1.165, 1.54) is 4.80 Å². The van der Waals surface area contributed by atoms with Crippen molar-refractivity contribution in [1.82, 2.24) is 40.1 Å². The first kappa shape index (κ1) is 28.9. The van der Waals surface area contributed by atoms with Crippen LogP contribution in [0.4, 0.5) is 4.79 Å². The molecular formula is C32H34N8O4. The van der Waals surface area contributed by atoms with Crippen molar-refractivity contribution in [2.75, 3.05) is 19.6 Å². The van der Waals surface area contributed by atoms with Crippen LogP contribution in [0.2, 0.25) is 0 Å². The lowest BCUT2D eigenvalue weighted by Crippen LogP contribution is -2.76. The first-order valence-corrected chi connectivity index (χ1v) is 14.5. The van der Waals surface area contributed by atoms with Crippen molar-refractivity contribution >= 4 is 28.9 Å². The zero-order valence-corrected chi connectivity index (χ0v) is 24.4. The summed E-state index contributed by atoms with van der Waals surface area (Å²) < 4.78 is 0. The van der Waals surface area contributed by atoms with Crippen LogP contribution >= 0.6 is 0 Å². The quantitative estimate of drug-likeness (QED) is 0.300. The van der Waals surface area contributed by atoms with E-state index in [0.29, 0.717) is 12.1 Å². The fraction of sp³-hybridized carbons (Fsp3) is 0.281. The van der Waals surface area contributed by atoms with Crippen LogP contribution in [0.3, 0.4) is 0 Å². The number of rotatable bonds is 8. The average molecular weight is 595 g/mol. The molecule has 4 amide bonds. The fourth-order valence-corrected chi connectivity index (χ4v) is 5.94. The molecule has 6 rings (SSSR count). The highest BCUT2D eigenvalue weighted by atomic mass is 16.3. The third-order valence-corrected chi connectivity index (χ3v) is 7.95. The molecule has 0 bridgehead atoms. The van der Waals surface area contributed by atoms with E-state index in [1.807, 2.05) is 48.5 Å². The number of amides is 4. The number of aromatic hydroxyl groups is 1. The third-order valence-electron chi connectivity index (χ3n) is 7.95. The molecule has 4 aromatic rings. The number of piperazine rings is 1. The van der Waals surface area contributed by atoms with E-state index in [9.17, 15) is 19.5 Å². The first-order chi connectivity index (χ1) is 21.3. The molecule has 0 saturated carbocycles. The molecule has 0 radical (unpaired) electrons. The minimum absolute atomic E-state index is 0.0794. The monoisotopic (exact) mass is 594 g/mol. The summed E-state index contributed by atoms with van der Waals surface area (Å²) in [5.41, 5.74) is 4.03. The SMILES string of the molecule is C=CCN1CC(=O)N2[C@@H](Cc3ccc(O)cc3)C(=O)N(Cc3ccc4nn(C)nc4c3)C[C@@H]2N1C(=O)NCc1ccccc1. The Morgan fingerprint density at radius 1 is 1.00 bits per heavy atom. The normalized spacial score (nSPS) is 18.9. The second-order valence-corrected chi connectivity index (χ2v) is 11.0. The number of nitrogens with zero attached hydrogens (tertiary/aromatic N) is 7. The van der Waals surface area contributed by atoms with E-state index in [2.05, 4.69) is 22.1 Å². The summed E-state index contributed by atoms with van der Waals surface area (Å²) in [7, 11) is 1.75. The Balaban J connectivity index is 1.35. The third kappa shape index (κ3) is 5.84. The van der Waals surface area contributed by atoms with Gasteiger partial charge >= 0.3 is 6.03 Å². The van der Waals surface area contributed by atoms with Crippen molar-refractivity contribution in [2.24, 2.45) is 7.05 Å². The molecule has 2 atom stereocenters. The van der Waals surface area contributed by atoms with Gasteiger partial charge in [0.2, 0.25) is 11.8 Å². The van der Waals surface area contributed by atoms with Crippen LogP contribution in [0.5, 0.6) is 5.75 Å². The fourth-order valence-electron chi connectivity index (χ4n) is 5.94. The summed E-state index contributed by atoms with van der Waals surface area (Å²) in [5, 5.41) is 24.8. The van der Waals surface area contributed by atoms with E-state index in [4.69, 9.17) is 0 Å². The Morgan fingerprint density at radius 2 is 1.73 bits per heavy atom. The molecule has 0 unspecified atom stereocenters. The van der Waals surface area contributed by atoms with Crippen LogP contribution in [-0.2, 0) is 36.1 Å². The summed E-state index contributed by atoms with van der Waals surface area (Å²) in [6.45, 7) is 4.70. The van der Waals surface area contributed by atoms with Crippen molar-refractivity contribution in [3.63, 3.8) is 0 Å². The van der Waals surface area contributed by atoms with Crippen molar-refractivity contribution in [3.8, 4) is 5.75 Å². The molecule has 2 aliphatic heterocycles. The molecule has 12 heteroatoms. The van der Waals surface area contributed by atoms with E-state index in [0.717, 1.165) is 22.2 Å². The molecule has 44 heavy (non-hydrogen) atoms. The Kier molecular flexibility index (Phi) is 7.99. The number of benzene rings is 3. The van der Waals surface area contributed by atoms with Crippen LogP contribution < -0.4 is 5.32 Å². The number of nitrogens with one attached hydrogen (secondary N) is 1. The van der Waals surface area contributed by atoms with Crippen molar-refractivity contribution in [2.45, 2.75) is 31.7 Å². The van der Waals surface area contributed by atoms with Crippen LogP contribution in [0.15, 0.2) is 85.5 Å². The minimum atomic E-state index is -0.860. The minimum Gasteiger partial charge on any atom is -0.508 e. The second kappa shape index (κ2) is 12.2. The number of fused-ring (bicyclic) bond motifs is 2. The molecule has 3 aromatic carbocycles. The first-order valence-electron chi connectivity index (χ1n) is 14.5. The molecule has 1 aromatic heterocycles. The standard InChI is InChI=1S/C32H34N8O4/c1-3-15-38-21-30(42)39-28(17-22-9-12-25(41)13-10-22)31(43)37(19-24-11-14-26-27(16-24)35-36(2)34-26)20-29(39)40(38)32(44)33-18-23-7-5-4-6-8-23/h3-14,16,28-29,41H,1,15,17-21H2,2H3,(H,33,44)/t28-,29-/m0/s1. The largest absolute Gasteiger partial charge is 0.508 e. The predicted molar refractivity (Wildman–Crippen MR) is 162 cm³/mol. The maximum atomic E-state index is 14.2. The van der Waals surface area contributed by atoms with Crippen molar-refractivity contribution in [1.29, 1.82) is 0 Å². The highest BCUT2D eigenvalue weighted by molar-refractivity contribution is 5.92. The molecule has 3 heterocycles. The summed E-state index contributed by atoms with van der Waals surface area (Å²) in [5.74, 6) is -0.358. The van der Waals surface area contributed by atoms with Gasteiger partial charge in [0.15, 0.2) is 0 Å². The lowest BCUT2D eigenvalue weighted by atomic mass is 9.98. The van der Waals surface area contributed by atoms with Gasteiger partial charge in [-0.2, -0.15) is 15.0 Å². The molecule has 2 fully saturated rings. The second-order valence-electron chi connectivity index (χ2n) is 11.0. The number of carbonyl (C=O) groups excluding carboxylic acids is 3. The molecular weight excluding hydrogens is 560 g/mol. The van der Waals surface area contributed by atoms with Gasteiger partial charge in [0.25, 0.3) is 0 Å². The Bertz CT molecular complexity index is 1690. The van der Waals surface area contributed by atoms with Gasteiger partial charge in [-0.3, -0.25) is 9.59 Å². The molecule has 2 aliphatic rings. The molecule has 0 aliphatic carbocycles. The number of aromatic nitrogens is 3. The number of carbonyl (C=O) groups is 3. The predicted octanol–water partition coefficient (Wildman–Crippen LogP) is 2.41. The lowest BCUT2D eigenvalue weighted by molar-refractivity contribution is -0.189. The average Bonchev–Trinajstić information content (AvgIpc) is 3.39. The number of hydrogen-bond acceptors (Lipinski definition) is 7.